The lowest BCUT2D eigenvalue weighted by Crippen LogP contribution is -2.23. The van der Waals surface area contributed by atoms with E-state index in [1.807, 2.05) is 0 Å². The van der Waals surface area contributed by atoms with E-state index in [4.69, 9.17) is 0 Å². The molecule has 0 aliphatic heterocycles. The minimum atomic E-state index is 0.643. The predicted molar refractivity (Wildman–Crippen MR) is 72.5 cm³/mol. The lowest BCUT2D eigenvalue weighted by Gasteiger charge is -2.13. The molecule has 1 aliphatic rings. The molecule has 1 saturated carbocycles. The molecule has 0 bridgehead atoms. The zero-order valence-electron chi connectivity index (χ0n) is 10.1. The van der Waals surface area contributed by atoms with E-state index in [0.717, 1.165) is 6.54 Å². The standard InChI is InChI=1S/C14H20BrN/c1-3-14(6-7-14)10-16-9-12-4-5-13(15)11(2)8-12/h4-5,8,16H,3,6-7,9-10H2,1-2H3. The van der Waals surface area contributed by atoms with Gasteiger partial charge in [-0.05, 0) is 48.8 Å². The molecule has 1 nitrogen and oxygen atoms in total. The molecule has 88 valence electrons. The average Bonchev–Trinajstić information content (AvgIpc) is 3.04. The Kier molecular flexibility index (Phi) is 3.70. The molecule has 1 aromatic carbocycles. The van der Waals surface area contributed by atoms with Crippen LogP contribution in [0.15, 0.2) is 22.7 Å². The molecule has 0 atom stereocenters. The number of halogens is 1. The van der Waals surface area contributed by atoms with Crippen molar-refractivity contribution in [3.63, 3.8) is 0 Å². The Hall–Kier alpha value is -0.340. The van der Waals surface area contributed by atoms with Crippen molar-refractivity contribution in [2.24, 2.45) is 5.41 Å². The monoisotopic (exact) mass is 281 g/mol. The second-order valence-electron chi connectivity index (χ2n) is 5.04. The molecule has 1 aromatic rings. The van der Waals surface area contributed by atoms with Crippen molar-refractivity contribution < 1.29 is 0 Å². The van der Waals surface area contributed by atoms with Crippen LogP contribution in [0.1, 0.15) is 37.3 Å². The first-order valence-corrected chi connectivity index (χ1v) is 6.90. The van der Waals surface area contributed by atoms with Crippen molar-refractivity contribution in [2.45, 2.75) is 39.7 Å². The minimum absolute atomic E-state index is 0.643. The SMILES string of the molecule is CCC1(CNCc2ccc(Br)c(C)c2)CC1. The highest BCUT2D eigenvalue weighted by molar-refractivity contribution is 9.10. The van der Waals surface area contributed by atoms with Gasteiger partial charge >= 0.3 is 0 Å². The van der Waals surface area contributed by atoms with Crippen LogP contribution in [0.4, 0.5) is 0 Å². The van der Waals surface area contributed by atoms with Gasteiger partial charge in [0.2, 0.25) is 0 Å². The van der Waals surface area contributed by atoms with Gasteiger partial charge in [0.25, 0.3) is 0 Å². The molecule has 16 heavy (non-hydrogen) atoms. The van der Waals surface area contributed by atoms with E-state index in [1.54, 1.807) is 0 Å². The molecule has 0 spiro atoms. The molecule has 0 radical (unpaired) electrons. The van der Waals surface area contributed by atoms with Gasteiger partial charge in [-0.3, -0.25) is 0 Å². The maximum Gasteiger partial charge on any atom is 0.0205 e. The molecule has 0 aromatic heterocycles. The minimum Gasteiger partial charge on any atom is -0.312 e. The molecule has 1 N–H and O–H groups in total. The Morgan fingerprint density at radius 3 is 2.69 bits per heavy atom. The molecule has 0 saturated heterocycles. The molecule has 0 unspecified atom stereocenters. The fraction of sp³-hybridized carbons (Fsp3) is 0.571. The maximum atomic E-state index is 3.59. The van der Waals surface area contributed by atoms with Crippen molar-refractivity contribution >= 4 is 15.9 Å². The van der Waals surface area contributed by atoms with Crippen molar-refractivity contribution in [1.29, 1.82) is 0 Å². The van der Waals surface area contributed by atoms with Crippen molar-refractivity contribution in [2.75, 3.05) is 6.54 Å². The van der Waals surface area contributed by atoms with E-state index in [2.05, 4.69) is 53.3 Å². The molecule has 1 aliphatic carbocycles. The quantitative estimate of drug-likeness (QED) is 0.859. The van der Waals surface area contributed by atoms with Crippen LogP contribution in [0.25, 0.3) is 0 Å². The zero-order valence-corrected chi connectivity index (χ0v) is 11.7. The summed E-state index contributed by atoms with van der Waals surface area (Å²) in [5.41, 5.74) is 3.34. The second kappa shape index (κ2) is 4.89. The molecule has 1 fully saturated rings. The summed E-state index contributed by atoms with van der Waals surface area (Å²) >= 11 is 3.53. The van der Waals surface area contributed by atoms with Gasteiger partial charge in [-0.2, -0.15) is 0 Å². The zero-order chi connectivity index (χ0) is 11.6. The normalized spacial score (nSPS) is 17.4. The van der Waals surface area contributed by atoms with E-state index in [9.17, 15) is 0 Å². The van der Waals surface area contributed by atoms with Gasteiger partial charge in [0.1, 0.15) is 0 Å². The summed E-state index contributed by atoms with van der Waals surface area (Å²) in [4.78, 5) is 0. The van der Waals surface area contributed by atoms with E-state index >= 15 is 0 Å². The van der Waals surface area contributed by atoms with Crippen LogP contribution in [-0.2, 0) is 6.54 Å². The number of hydrogen-bond donors (Lipinski definition) is 1. The highest BCUT2D eigenvalue weighted by atomic mass is 79.9. The summed E-state index contributed by atoms with van der Waals surface area (Å²) < 4.78 is 1.20. The van der Waals surface area contributed by atoms with Crippen LogP contribution in [0.2, 0.25) is 0 Å². The fourth-order valence-corrected chi connectivity index (χ4v) is 2.37. The van der Waals surface area contributed by atoms with E-state index in [1.165, 1.54) is 41.4 Å². The Morgan fingerprint density at radius 2 is 2.12 bits per heavy atom. The molecule has 0 heterocycles. The van der Waals surface area contributed by atoms with Gasteiger partial charge in [0.15, 0.2) is 0 Å². The third-order valence-corrected chi connectivity index (χ3v) is 4.65. The highest BCUT2D eigenvalue weighted by Crippen LogP contribution is 2.47. The first-order chi connectivity index (χ1) is 7.65. The summed E-state index contributed by atoms with van der Waals surface area (Å²) in [6.07, 6.45) is 4.14. The van der Waals surface area contributed by atoms with Gasteiger partial charge in [-0.15, -0.1) is 0 Å². The van der Waals surface area contributed by atoms with Crippen LogP contribution in [0.5, 0.6) is 0 Å². The summed E-state index contributed by atoms with van der Waals surface area (Å²) in [5, 5.41) is 3.59. The molecule has 2 rings (SSSR count). The summed E-state index contributed by atoms with van der Waals surface area (Å²) in [6, 6.07) is 6.58. The molecule has 0 amide bonds. The van der Waals surface area contributed by atoms with Gasteiger partial charge in [-0.1, -0.05) is 35.0 Å². The largest absolute Gasteiger partial charge is 0.312 e. The number of aryl methyl sites for hydroxylation is 1. The first-order valence-electron chi connectivity index (χ1n) is 6.11. The van der Waals surface area contributed by atoms with E-state index < -0.39 is 0 Å². The number of benzene rings is 1. The summed E-state index contributed by atoms with van der Waals surface area (Å²) in [7, 11) is 0. The molecule has 2 heteroatoms. The Balaban J connectivity index is 1.83. The van der Waals surface area contributed by atoms with Crippen molar-refractivity contribution in [3.8, 4) is 0 Å². The smallest absolute Gasteiger partial charge is 0.0205 e. The van der Waals surface area contributed by atoms with E-state index in [0.29, 0.717) is 5.41 Å². The average molecular weight is 282 g/mol. The van der Waals surface area contributed by atoms with Crippen LogP contribution in [0.3, 0.4) is 0 Å². The number of rotatable bonds is 5. The maximum absolute atomic E-state index is 3.59. The molecular formula is C14H20BrN. The number of nitrogens with one attached hydrogen (secondary N) is 1. The van der Waals surface area contributed by atoms with Crippen molar-refractivity contribution in [1.82, 2.24) is 5.32 Å². The van der Waals surface area contributed by atoms with Crippen LogP contribution in [0, 0.1) is 12.3 Å². The summed E-state index contributed by atoms with van der Waals surface area (Å²) in [5.74, 6) is 0. The summed E-state index contributed by atoms with van der Waals surface area (Å²) in [6.45, 7) is 6.62. The topological polar surface area (TPSA) is 12.0 Å². The van der Waals surface area contributed by atoms with Gasteiger partial charge in [-0.25, -0.2) is 0 Å². The lowest BCUT2D eigenvalue weighted by atomic mass is 10.0. The third kappa shape index (κ3) is 2.86. The van der Waals surface area contributed by atoms with Gasteiger partial charge in [0.05, 0.1) is 0 Å². The lowest BCUT2D eigenvalue weighted by molar-refractivity contribution is 0.443. The Bertz CT molecular complexity index is 369. The second-order valence-corrected chi connectivity index (χ2v) is 5.89. The van der Waals surface area contributed by atoms with Gasteiger partial charge in [0, 0.05) is 17.6 Å². The van der Waals surface area contributed by atoms with Crippen LogP contribution in [-0.4, -0.2) is 6.54 Å². The third-order valence-electron chi connectivity index (χ3n) is 3.76. The predicted octanol–water partition coefficient (Wildman–Crippen LogP) is 4.04. The number of hydrogen-bond acceptors (Lipinski definition) is 1. The van der Waals surface area contributed by atoms with Crippen LogP contribution >= 0.6 is 15.9 Å². The Morgan fingerprint density at radius 1 is 1.38 bits per heavy atom. The Labute approximate surface area is 107 Å². The fourth-order valence-electron chi connectivity index (χ4n) is 2.12. The van der Waals surface area contributed by atoms with E-state index in [-0.39, 0.29) is 0 Å². The van der Waals surface area contributed by atoms with Crippen molar-refractivity contribution in [3.05, 3.63) is 33.8 Å². The molecular weight excluding hydrogens is 262 g/mol. The highest BCUT2D eigenvalue weighted by Gasteiger charge is 2.39. The van der Waals surface area contributed by atoms with Crippen LogP contribution < -0.4 is 5.32 Å². The first kappa shape index (κ1) is 12.1. The van der Waals surface area contributed by atoms with Gasteiger partial charge < -0.3 is 5.32 Å².